The summed E-state index contributed by atoms with van der Waals surface area (Å²) in [5.41, 5.74) is 0.843. The molecular formula is C27H28Cl3N3O4S. The molecule has 0 saturated heterocycles. The van der Waals surface area contributed by atoms with Crippen LogP contribution in [0.5, 0.6) is 0 Å². The van der Waals surface area contributed by atoms with E-state index >= 15 is 0 Å². The molecule has 3 aromatic rings. The van der Waals surface area contributed by atoms with E-state index in [1.165, 1.54) is 35.2 Å². The van der Waals surface area contributed by atoms with Gasteiger partial charge in [-0.1, -0.05) is 72.1 Å². The minimum absolute atomic E-state index is 0.00555. The molecule has 1 N–H and O–H groups in total. The van der Waals surface area contributed by atoms with Crippen molar-refractivity contribution >= 4 is 62.3 Å². The zero-order valence-electron chi connectivity index (χ0n) is 20.9. The van der Waals surface area contributed by atoms with Crippen LogP contribution >= 0.6 is 34.8 Å². The molecule has 38 heavy (non-hydrogen) atoms. The Morgan fingerprint density at radius 3 is 2.26 bits per heavy atom. The van der Waals surface area contributed by atoms with E-state index in [1.807, 2.05) is 6.92 Å². The van der Waals surface area contributed by atoms with Gasteiger partial charge in [-0.15, -0.1) is 0 Å². The van der Waals surface area contributed by atoms with Gasteiger partial charge in [0.1, 0.15) is 12.6 Å². The highest BCUT2D eigenvalue weighted by atomic mass is 35.5. The van der Waals surface area contributed by atoms with Crippen LogP contribution in [0.1, 0.15) is 25.8 Å². The third-order valence-corrected chi connectivity index (χ3v) is 8.52. The van der Waals surface area contributed by atoms with Crippen LogP contribution in [0.2, 0.25) is 15.1 Å². The molecule has 0 bridgehead atoms. The molecule has 11 heteroatoms. The lowest BCUT2D eigenvalue weighted by Crippen LogP contribution is -2.51. The molecular weight excluding hydrogens is 569 g/mol. The Kier molecular flexibility index (Phi) is 10.4. The minimum atomic E-state index is -4.19. The predicted octanol–water partition coefficient (Wildman–Crippen LogP) is 5.79. The first-order valence-corrected chi connectivity index (χ1v) is 14.5. The van der Waals surface area contributed by atoms with Gasteiger partial charge in [0, 0.05) is 18.1 Å². The Morgan fingerprint density at radius 1 is 0.921 bits per heavy atom. The largest absolute Gasteiger partial charge is 0.354 e. The van der Waals surface area contributed by atoms with Crippen LogP contribution in [-0.2, 0) is 26.2 Å². The summed E-state index contributed by atoms with van der Waals surface area (Å²) in [6.07, 6.45) is 0.723. The van der Waals surface area contributed by atoms with Gasteiger partial charge in [-0.05, 0) is 61.4 Å². The zero-order valence-corrected chi connectivity index (χ0v) is 24.0. The maximum absolute atomic E-state index is 13.8. The van der Waals surface area contributed by atoms with E-state index in [2.05, 4.69) is 5.32 Å². The summed E-state index contributed by atoms with van der Waals surface area (Å²) >= 11 is 18.4. The third kappa shape index (κ3) is 7.41. The number of nitrogens with one attached hydrogen (secondary N) is 1. The zero-order chi connectivity index (χ0) is 27.9. The number of halogens is 3. The average Bonchev–Trinajstić information content (AvgIpc) is 2.90. The molecule has 3 aromatic carbocycles. The Hall–Kier alpha value is -2.78. The van der Waals surface area contributed by atoms with Crippen molar-refractivity contribution in [1.82, 2.24) is 10.2 Å². The number of nitrogens with zero attached hydrogens (tertiary/aromatic N) is 2. The molecule has 0 heterocycles. The molecule has 3 rings (SSSR count). The molecule has 1 atom stereocenters. The van der Waals surface area contributed by atoms with E-state index in [1.54, 1.807) is 49.4 Å². The van der Waals surface area contributed by atoms with Gasteiger partial charge in [0.15, 0.2) is 0 Å². The van der Waals surface area contributed by atoms with Gasteiger partial charge < -0.3 is 10.2 Å². The summed E-state index contributed by atoms with van der Waals surface area (Å²) in [4.78, 5) is 28.0. The lowest BCUT2D eigenvalue weighted by molar-refractivity contribution is -0.139. The lowest BCUT2D eigenvalue weighted by atomic mass is 10.1. The van der Waals surface area contributed by atoms with Crippen molar-refractivity contribution in [2.45, 2.75) is 37.8 Å². The van der Waals surface area contributed by atoms with E-state index in [4.69, 9.17) is 34.8 Å². The van der Waals surface area contributed by atoms with E-state index in [-0.39, 0.29) is 33.1 Å². The third-order valence-electron chi connectivity index (χ3n) is 5.76. The molecule has 0 fully saturated rings. The Bertz CT molecular complexity index is 1390. The number of anilines is 1. The molecule has 0 radical (unpaired) electrons. The average molecular weight is 597 g/mol. The second kappa shape index (κ2) is 13.3. The first kappa shape index (κ1) is 29.8. The number of rotatable bonds is 11. The predicted molar refractivity (Wildman–Crippen MR) is 152 cm³/mol. The molecule has 1 unspecified atom stereocenters. The first-order chi connectivity index (χ1) is 18.0. The standard InChI is InChI=1S/C27H28Cl3N3O4S/c1-3-14-31-27(35)19(2)32(17-20-8-7-9-21(28)15-20)26(34)18-33(22-12-13-24(29)25(30)16-22)38(36,37)23-10-5-4-6-11-23/h4-13,15-16,19H,3,14,17-18H2,1-2H3,(H,31,35). The van der Waals surface area contributed by atoms with Crippen LogP contribution in [0, 0.1) is 0 Å². The van der Waals surface area contributed by atoms with E-state index in [9.17, 15) is 18.0 Å². The van der Waals surface area contributed by atoms with Gasteiger partial charge in [0.2, 0.25) is 11.8 Å². The van der Waals surface area contributed by atoms with Crippen molar-refractivity contribution in [3.05, 3.63) is 93.4 Å². The van der Waals surface area contributed by atoms with Crippen LogP contribution < -0.4 is 9.62 Å². The molecule has 0 aliphatic heterocycles. The van der Waals surface area contributed by atoms with Gasteiger partial charge >= 0.3 is 0 Å². The Balaban J connectivity index is 2.03. The fraction of sp³-hybridized carbons (Fsp3) is 0.259. The van der Waals surface area contributed by atoms with Crippen LogP contribution in [0.4, 0.5) is 5.69 Å². The maximum atomic E-state index is 13.8. The summed E-state index contributed by atoms with van der Waals surface area (Å²) in [6.45, 7) is 3.42. The summed E-state index contributed by atoms with van der Waals surface area (Å²) in [7, 11) is -4.19. The smallest absolute Gasteiger partial charge is 0.264 e. The van der Waals surface area contributed by atoms with E-state index < -0.39 is 28.5 Å². The molecule has 0 spiro atoms. The van der Waals surface area contributed by atoms with Gasteiger partial charge in [-0.2, -0.15) is 0 Å². The number of hydrogen-bond acceptors (Lipinski definition) is 4. The maximum Gasteiger partial charge on any atom is 0.264 e. The van der Waals surface area contributed by atoms with Crippen LogP contribution in [0.15, 0.2) is 77.7 Å². The van der Waals surface area contributed by atoms with E-state index in [0.29, 0.717) is 17.1 Å². The molecule has 2 amide bonds. The SMILES string of the molecule is CCCNC(=O)C(C)N(Cc1cccc(Cl)c1)C(=O)CN(c1ccc(Cl)c(Cl)c1)S(=O)(=O)c1ccccc1. The van der Waals surface area contributed by atoms with Gasteiger partial charge in [-0.3, -0.25) is 13.9 Å². The van der Waals surface area contributed by atoms with Crippen molar-refractivity contribution in [3.63, 3.8) is 0 Å². The number of amides is 2. The summed E-state index contributed by atoms with van der Waals surface area (Å²) in [6, 6.07) is 18.1. The number of sulfonamides is 1. The fourth-order valence-corrected chi connectivity index (χ4v) is 5.63. The fourth-order valence-electron chi connectivity index (χ4n) is 3.70. The van der Waals surface area contributed by atoms with Crippen LogP contribution in [0.3, 0.4) is 0 Å². The van der Waals surface area contributed by atoms with E-state index in [0.717, 1.165) is 10.7 Å². The molecule has 7 nitrogen and oxygen atoms in total. The monoisotopic (exact) mass is 595 g/mol. The quantitative estimate of drug-likeness (QED) is 0.304. The molecule has 0 aliphatic rings. The highest BCUT2D eigenvalue weighted by Gasteiger charge is 2.32. The minimum Gasteiger partial charge on any atom is -0.354 e. The van der Waals surface area contributed by atoms with Crippen molar-refractivity contribution in [2.24, 2.45) is 0 Å². The van der Waals surface area contributed by atoms with Crippen molar-refractivity contribution < 1.29 is 18.0 Å². The number of carbonyl (C=O) groups is 2. The topological polar surface area (TPSA) is 86.8 Å². The van der Waals surface area contributed by atoms with Crippen molar-refractivity contribution in [3.8, 4) is 0 Å². The Morgan fingerprint density at radius 2 is 1.63 bits per heavy atom. The second-order valence-corrected chi connectivity index (χ2v) is 11.7. The highest BCUT2D eigenvalue weighted by molar-refractivity contribution is 7.92. The Labute approximate surface area is 238 Å². The number of hydrogen-bond donors (Lipinski definition) is 1. The van der Waals surface area contributed by atoms with Gasteiger partial charge in [-0.25, -0.2) is 8.42 Å². The molecule has 202 valence electrons. The van der Waals surface area contributed by atoms with Crippen molar-refractivity contribution in [2.75, 3.05) is 17.4 Å². The molecule has 0 saturated carbocycles. The highest BCUT2D eigenvalue weighted by Crippen LogP contribution is 2.31. The van der Waals surface area contributed by atoms with Gasteiger partial charge in [0.25, 0.3) is 10.0 Å². The number of carbonyl (C=O) groups excluding carboxylic acids is 2. The van der Waals surface area contributed by atoms with Crippen LogP contribution in [-0.4, -0.2) is 44.3 Å². The van der Waals surface area contributed by atoms with Crippen LogP contribution in [0.25, 0.3) is 0 Å². The summed E-state index contributed by atoms with van der Waals surface area (Å²) < 4.78 is 28.4. The summed E-state index contributed by atoms with van der Waals surface area (Å²) in [5, 5.41) is 3.64. The molecule has 0 aliphatic carbocycles. The first-order valence-electron chi connectivity index (χ1n) is 11.9. The lowest BCUT2D eigenvalue weighted by Gasteiger charge is -2.32. The normalized spacial score (nSPS) is 12.0. The second-order valence-electron chi connectivity index (χ2n) is 8.54. The van der Waals surface area contributed by atoms with Gasteiger partial charge in [0.05, 0.1) is 20.6 Å². The van der Waals surface area contributed by atoms with Crippen molar-refractivity contribution in [1.29, 1.82) is 0 Å². The molecule has 0 aromatic heterocycles. The summed E-state index contributed by atoms with van der Waals surface area (Å²) in [5.74, 6) is -0.941. The number of benzene rings is 3.